The number of fused-ring (bicyclic) bond motifs is 1. The second-order valence-electron chi connectivity index (χ2n) is 5.40. The highest BCUT2D eigenvalue weighted by atomic mass is 16.5. The molecule has 4 heteroatoms. The lowest BCUT2D eigenvalue weighted by Crippen LogP contribution is -2.47. The standard InChI is InChI=1S/C17H20N2O2/c1-2-3-9-15-10-14-12-19(17(20)18-16(14)21-15)11-13-7-5-4-6-8-13/h4-8,10,12,16H,2-3,9,11H2,1H3,(H,18,20). The van der Waals surface area contributed by atoms with Crippen LogP contribution in [-0.2, 0) is 11.3 Å². The van der Waals surface area contributed by atoms with Crippen LogP contribution in [0.1, 0.15) is 31.7 Å². The third-order valence-corrected chi connectivity index (χ3v) is 3.69. The first kappa shape index (κ1) is 13.7. The fourth-order valence-electron chi connectivity index (χ4n) is 2.55. The third kappa shape index (κ3) is 3.10. The summed E-state index contributed by atoms with van der Waals surface area (Å²) < 4.78 is 5.77. The molecule has 2 amide bonds. The normalized spacial score (nSPS) is 20.3. The highest BCUT2D eigenvalue weighted by molar-refractivity contribution is 5.78. The van der Waals surface area contributed by atoms with Crippen LogP contribution in [0.15, 0.2) is 53.9 Å². The van der Waals surface area contributed by atoms with Crippen molar-refractivity contribution in [3.05, 3.63) is 59.5 Å². The SMILES string of the molecule is CCCCC1=CC2=CN(Cc3ccccc3)C(=O)NC2O1. The number of hydrogen-bond acceptors (Lipinski definition) is 2. The van der Waals surface area contributed by atoms with E-state index in [0.29, 0.717) is 6.54 Å². The molecular weight excluding hydrogens is 264 g/mol. The van der Waals surface area contributed by atoms with E-state index in [-0.39, 0.29) is 12.3 Å². The number of carbonyl (C=O) groups is 1. The molecule has 0 aliphatic carbocycles. The van der Waals surface area contributed by atoms with Crippen LogP contribution in [0.25, 0.3) is 0 Å². The molecule has 1 aromatic rings. The number of amides is 2. The average Bonchev–Trinajstić information content (AvgIpc) is 2.88. The maximum atomic E-state index is 12.1. The molecule has 2 heterocycles. The molecule has 0 saturated heterocycles. The zero-order valence-electron chi connectivity index (χ0n) is 12.2. The minimum absolute atomic E-state index is 0.113. The van der Waals surface area contributed by atoms with Crippen molar-refractivity contribution in [2.24, 2.45) is 0 Å². The number of allylic oxidation sites excluding steroid dienone is 1. The molecule has 1 N–H and O–H groups in total. The topological polar surface area (TPSA) is 41.6 Å². The van der Waals surface area contributed by atoms with Crippen molar-refractivity contribution in [2.45, 2.75) is 39.0 Å². The summed E-state index contributed by atoms with van der Waals surface area (Å²) in [5, 5.41) is 2.90. The lowest BCUT2D eigenvalue weighted by Gasteiger charge is -2.28. The van der Waals surface area contributed by atoms with Crippen molar-refractivity contribution in [2.75, 3.05) is 0 Å². The van der Waals surface area contributed by atoms with Crippen LogP contribution in [0.5, 0.6) is 0 Å². The number of urea groups is 1. The van der Waals surface area contributed by atoms with Crippen molar-refractivity contribution < 1.29 is 9.53 Å². The van der Waals surface area contributed by atoms with E-state index in [1.807, 2.05) is 36.5 Å². The summed E-state index contributed by atoms with van der Waals surface area (Å²) in [4.78, 5) is 13.8. The molecule has 2 aliphatic rings. The second-order valence-corrected chi connectivity index (χ2v) is 5.40. The molecule has 0 fully saturated rings. The maximum absolute atomic E-state index is 12.1. The first-order valence-electron chi connectivity index (χ1n) is 7.46. The van der Waals surface area contributed by atoms with E-state index in [2.05, 4.69) is 18.3 Å². The van der Waals surface area contributed by atoms with Gasteiger partial charge in [-0.05, 0) is 18.1 Å². The van der Waals surface area contributed by atoms with Gasteiger partial charge in [-0.2, -0.15) is 0 Å². The Kier molecular flexibility index (Phi) is 3.95. The predicted molar refractivity (Wildman–Crippen MR) is 81.1 cm³/mol. The second kappa shape index (κ2) is 6.04. The highest BCUT2D eigenvalue weighted by Crippen LogP contribution is 2.28. The molecule has 21 heavy (non-hydrogen) atoms. The summed E-state index contributed by atoms with van der Waals surface area (Å²) in [5.74, 6) is 0.968. The van der Waals surface area contributed by atoms with Gasteiger partial charge in [0.2, 0.25) is 6.23 Å². The van der Waals surface area contributed by atoms with Crippen molar-refractivity contribution >= 4 is 6.03 Å². The Morgan fingerprint density at radius 3 is 2.86 bits per heavy atom. The van der Waals surface area contributed by atoms with Gasteiger partial charge in [0.1, 0.15) is 0 Å². The number of unbranched alkanes of at least 4 members (excludes halogenated alkanes) is 1. The first-order chi connectivity index (χ1) is 10.3. The fraction of sp³-hybridized carbons (Fsp3) is 0.353. The van der Waals surface area contributed by atoms with Gasteiger partial charge in [0.25, 0.3) is 0 Å². The summed E-state index contributed by atoms with van der Waals surface area (Å²) in [6.45, 7) is 2.73. The van der Waals surface area contributed by atoms with Crippen molar-refractivity contribution in [1.82, 2.24) is 10.2 Å². The van der Waals surface area contributed by atoms with E-state index in [4.69, 9.17) is 4.74 Å². The van der Waals surface area contributed by atoms with Gasteiger partial charge in [-0.15, -0.1) is 0 Å². The Morgan fingerprint density at radius 2 is 2.10 bits per heavy atom. The zero-order valence-corrected chi connectivity index (χ0v) is 12.2. The molecule has 2 aliphatic heterocycles. The number of nitrogens with zero attached hydrogens (tertiary/aromatic N) is 1. The molecule has 0 aromatic heterocycles. The van der Waals surface area contributed by atoms with E-state index in [9.17, 15) is 4.79 Å². The van der Waals surface area contributed by atoms with Gasteiger partial charge in [0, 0.05) is 18.2 Å². The predicted octanol–water partition coefficient (Wildman–Crippen LogP) is 3.53. The molecule has 0 spiro atoms. The van der Waals surface area contributed by atoms with Crippen LogP contribution >= 0.6 is 0 Å². The number of nitrogens with one attached hydrogen (secondary N) is 1. The Hall–Kier alpha value is -2.23. The molecule has 0 radical (unpaired) electrons. The Morgan fingerprint density at radius 1 is 1.29 bits per heavy atom. The Labute approximate surface area is 125 Å². The van der Waals surface area contributed by atoms with Gasteiger partial charge in [-0.25, -0.2) is 4.79 Å². The van der Waals surface area contributed by atoms with Crippen LogP contribution in [-0.4, -0.2) is 17.2 Å². The zero-order chi connectivity index (χ0) is 14.7. The fourth-order valence-corrected chi connectivity index (χ4v) is 2.55. The van der Waals surface area contributed by atoms with E-state index >= 15 is 0 Å². The summed E-state index contributed by atoms with van der Waals surface area (Å²) >= 11 is 0. The number of rotatable bonds is 5. The molecule has 4 nitrogen and oxygen atoms in total. The minimum Gasteiger partial charge on any atom is -0.471 e. The lowest BCUT2D eigenvalue weighted by molar-refractivity contribution is 0.116. The number of hydrogen-bond donors (Lipinski definition) is 1. The van der Waals surface area contributed by atoms with Crippen LogP contribution in [0.2, 0.25) is 0 Å². The molecule has 3 rings (SSSR count). The van der Waals surface area contributed by atoms with Crippen molar-refractivity contribution in [3.63, 3.8) is 0 Å². The Balaban J connectivity index is 1.72. The smallest absolute Gasteiger partial charge is 0.324 e. The molecule has 1 unspecified atom stereocenters. The third-order valence-electron chi connectivity index (χ3n) is 3.69. The van der Waals surface area contributed by atoms with E-state index in [1.165, 1.54) is 0 Å². The van der Waals surface area contributed by atoms with Crippen molar-refractivity contribution in [1.29, 1.82) is 0 Å². The van der Waals surface area contributed by atoms with E-state index in [0.717, 1.165) is 36.2 Å². The Bertz CT molecular complexity index is 578. The van der Waals surface area contributed by atoms with Gasteiger partial charge in [-0.1, -0.05) is 43.7 Å². The monoisotopic (exact) mass is 284 g/mol. The number of ether oxygens (including phenoxy) is 1. The van der Waals surface area contributed by atoms with Crippen LogP contribution < -0.4 is 5.32 Å². The molecule has 110 valence electrons. The van der Waals surface area contributed by atoms with E-state index in [1.54, 1.807) is 4.90 Å². The first-order valence-corrected chi connectivity index (χ1v) is 7.46. The van der Waals surface area contributed by atoms with Crippen LogP contribution in [0.4, 0.5) is 4.79 Å². The number of benzene rings is 1. The molecular formula is C17H20N2O2. The van der Waals surface area contributed by atoms with E-state index < -0.39 is 0 Å². The van der Waals surface area contributed by atoms with Crippen molar-refractivity contribution in [3.8, 4) is 0 Å². The molecule has 1 aromatic carbocycles. The molecule has 0 saturated carbocycles. The number of carbonyl (C=O) groups excluding carboxylic acids is 1. The summed E-state index contributed by atoms with van der Waals surface area (Å²) in [6.07, 6.45) is 6.81. The maximum Gasteiger partial charge on any atom is 0.324 e. The van der Waals surface area contributed by atoms with Crippen LogP contribution in [0, 0.1) is 0 Å². The van der Waals surface area contributed by atoms with Gasteiger partial charge in [0.05, 0.1) is 12.3 Å². The minimum atomic E-state index is -0.309. The largest absolute Gasteiger partial charge is 0.471 e. The summed E-state index contributed by atoms with van der Waals surface area (Å²) in [7, 11) is 0. The summed E-state index contributed by atoms with van der Waals surface area (Å²) in [6, 6.07) is 9.86. The van der Waals surface area contributed by atoms with Gasteiger partial charge >= 0.3 is 6.03 Å². The van der Waals surface area contributed by atoms with Gasteiger partial charge in [-0.3, -0.25) is 10.2 Å². The van der Waals surface area contributed by atoms with Gasteiger partial charge in [0.15, 0.2) is 0 Å². The highest BCUT2D eigenvalue weighted by Gasteiger charge is 2.31. The average molecular weight is 284 g/mol. The quantitative estimate of drug-likeness (QED) is 0.898. The lowest BCUT2D eigenvalue weighted by atomic mass is 10.1. The molecule has 1 atom stereocenters. The van der Waals surface area contributed by atoms with Crippen LogP contribution in [0.3, 0.4) is 0 Å². The summed E-state index contributed by atoms with van der Waals surface area (Å²) in [5.41, 5.74) is 2.13. The molecule has 0 bridgehead atoms. The van der Waals surface area contributed by atoms with Gasteiger partial charge < -0.3 is 4.74 Å².